The quantitative estimate of drug-likeness (QED) is 0.675. The smallest absolute Gasteiger partial charge is 0.276 e. The molecule has 26 heavy (non-hydrogen) atoms. The Bertz CT molecular complexity index is 963. The number of ether oxygens (including phenoxy) is 1. The van der Waals surface area contributed by atoms with Crippen LogP contribution in [0.2, 0.25) is 10.0 Å². The fraction of sp³-hybridized carbons (Fsp3) is 0.0588. The van der Waals surface area contributed by atoms with E-state index in [2.05, 4.69) is 10.4 Å². The molecule has 0 fully saturated rings. The molecule has 0 unspecified atom stereocenters. The van der Waals surface area contributed by atoms with E-state index in [-0.39, 0.29) is 23.1 Å². The summed E-state index contributed by atoms with van der Waals surface area (Å²) in [6.45, 7) is -0.0156. The van der Waals surface area contributed by atoms with Gasteiger partial charge in [0.25, 0.3) is 5.91 Å². The zero-order chi connectivity index (χ0) is 18.7. The maximum atomic E-state index is 13.6. The van der Waals surface area contributed by atoms with Crippen LogP contribution in [0.3, 0.4) is 0 Å². The molecule has 0 saturated carbocycles. The molecule has 134 valence electrons. The highest BCUT2D eigenvalue weighted by Crippen LogP contribution is 2.31. The molecule has 9 heteroatoms. The number of benzene rings is 2. The summed E-state index contributed by atoms with van der Waals surface area (Å²) in [4.78, 5) is 12.1. The summed E-state index contributed by atoms with van der Waals surface area (Å²) >= 11 is 11.9. The molecule has 1 heterocycles. The summed E-state index contributed by atoms with van der Waals surface area (Å²) < 4.78 is 33.3. The van der Waals surface area contributed by atoms with E-state index in [1.54, 1.807) is 18.2 Å². The van der Waals surface area contributed by atoms with Gasteiger partial charge in [0, 0.05) is 12.3 Å². The van der Waals surface area contributed by atoms with Gasteiger partial charge in [0.2, 0.25) is 0 Å². The Balaban J connectivity index is 1.65. The van der Waals surface area contributed by atoms with Crippen LogP contribution in [0.25, 0.3) is 0 Å². The lowest BCUT2D eigenvalue weighted by Gasteiger charge is -2.08. The molecule has 3 rings (SSSR count). The number of anilines is 1. The van der Waals surface area contributed by atoms with Gasteiger partial charge in [0.1, 0.15) is 22.4 Å². The van der Waals surface area contributed by atoms with Crippen LogP contribution in [0.4, 0.5) is 14.5 Å². The number of hydrogen-bond donors (Lipinski definition) is 1. The van der Waals surface area contributed by atoms with E-state index in [1.165, 1.54) is 16.9 Å². The van der Waals surface area contributed by atoms with Crippen LogP contribution in [-0.4, -0.2) is 15.7 Å². The third-order valence-corrected chi connectivity index (χ3v) is 4.12. The standard InChI is InChI=1S/C17H11Cl2F2N3O2/c18-11-2-1-3-15(16(11)19)26-9-24-7-6-14(23-24)17(25)22-13-5-4-10(20)8-12(13)21/h1-8H,9H2,(H,22,25). The molecule has 0 atom stereocenters. The van der Waals surface area contributed by atoms with Gasteiger partial charge in [-0.05, 0) is 30.3 Å². The fourth-order valence-corrected chi connectivity index (χ4v) is 2.41. The molecular formula is C17H11Cl2F2N3O2. The van der Waals surface area contributed by atoms with Crippen LogP contribution in [0.5, 0.6) is 5.75 Å². The van der Waals surface area contributed by atoms with E-state index in [4.69, 9.17) is 27.9 Å². The third kappa shape index (κ3) is 4.12. The van der Waals surface area contributed by atoms with E-state index in [1.807, 2.05) is 0 Å². The molecule has 0 spiro atoms. The number of nitrogens with one attached hydrogen (secondary N) is 1. The number of hydrogen-bond acceptors (Lipinski definition) is 3. The Labute approximate surface area is 157 Å². The first-order chi connectivity index (χ1) is 12.4. The number of aromatic nitrogens is 2. The van der Waals surface area contributed by atoms with Crippen molar-refractivity contribution in [2.24, 2.45) is 0 Å². The largest absolute Gasteiger partial charge is 0.470 e. The molecule has 0 saturated heterocycles. The Kier molecular flexibility index (Phi) is 5.39. The number of carbonyl (C=O) groups is 1. The van der Waals surface area contributed by atoms with Crippen molar-refractivity contribution in [3.05, 3.63) is 76.0 Å². The highest BCUT2D eigenvalue weighted by Gasteiger charge is 2.13. The normalized spacial score (nSPS) is 10.6. The van der Waals surface area contributed by atoms with Crippen molar-refractivity contribution in [1.82, 2.24) is 9.78 Å². The topological polar surface area (TPSA) is 56.2 Å². The molecule has 0 aliphatic carbocycles. The van der Waals surface area contributed by atoms with Gasteiger partial charge >= 0.3 is 0 Å². The van der Waals surface area contributed by atoms with Gasteiger partial charge in [-0.15, -0.1) is 0 Å². The molecule has 2 aromatic carbocycles. The van der Waals surface area contributed by atoms with Crippen molar-refractivity contribution in [1.29, 1.82) is 0 Å². The lowest BCUT2D eigenvalue weighted by molar-refractivity contribution is 0.101. The molecule has 0 aliphatic heterocycles. The van der Waals surface area contributed by atoms with Crippen LogP contribution >= 0.6 is 23.2 Å². The summed E-state index contributed by atoms with van der Waals surface area (Å²) in [5.41, 5.74) is -0.109. The van der Waals surface area contributed by atoms with E-state index in [9.17, 15) is 13.6 Å². The van der Waals surface area contributed by atoms with Crippen molar-refractivity contribution in [3.63, 3.8) is 0 Å². The van der Waals surface area contributed by atoms with Crippen molar-refractivity contribution in [2.45, 2.75) is 6.73 Å². The minimum atomic E-state index is -0.878. The zero-order valence-electron chi connectivity index (χ0n) is 13.0. The summed E-state index contributed by atoms with van der Waals surface area (Å²) in [6, 6.07) is 9.23. The number of rotatable bonds is 5. The molecule has 1 amide bonds. The van der Waals surface area contributed by atoms with Crippen molar-refractivity contribution < 1.29 is 18.3 Å². The molecule has 1 N–H and O–H groups in total. The van der Waals surface area contributed by atoms with E-state index < -0.39 is 17.5 Å². The summed E-state index contributed by atoms with van der Waals surface area (Å²) in [6.07, 6.45) is 1.51. The van der Waals surface area contributed by atoms with Gasteiger partial charge in [-0.1, -0.05) is 29.3 Å². The van der Waals surface area contributed by atoms with Crippen LogP contribution in [0.15, 0.2) is 48.7 Å². The van der Waals surface area contributed by atoms with Crippen molar-refractivity contribution in [2.75, 3.05) is 5.32 Å². The molecule has 3 aromatic rings. The Hall–Kier alpha value is -2.64. The fourth-order valence-electron chi connectivity index (χ4n) is 2.06. The third-order valence-electron chi connectivity index (χ3n) is 3.32. The van der Waals surface area contributed by atoms with Crippen LogP contribution in [0, 0.1) is 11.6 Å². The van der Waals surface area contributed by atoms with Gasteiger partial charge < -0.3 is 10.1 Å². The second-order valence-corrected chi connectivity index (χ2v) is 5.93. The predicted octanol–water partition coefficient (Wildman–Crippen LogP) is 4.76. The van der Waals surface area contributed by atoms with Crippen molar-refractivity contribution >= 4 is 34.8 Å². The van der Waals surface area contributed by atoms with Crippen LogP contribution < -0.4 is 10.1 Å². The molecule has 0 radical (unpaired) electrons. The average Bonchev–Trinajstić information content (AvgIpc) is 3.08. The highest BCUT2D eigenvalue weighted by molar-refractivity contribution is 6.42. The average molecular weight is 398 g/mol. The maximum Gasteiger partial charge on any atom is 0.276 e. The zero-order valence-corrected chi connectivity index (χ0v) is 14.6. The van der Waals surface area contributed by atoms with Gasteiger partial charge in [0.15, 0.2) is 12.4 Å². The van der Waals surface area contributed by atoms with E-state index >= 15 is 0 Å². The molecule has 1 aromatic heterocycles. The molecular weight excluding hydrogens is 387 g/mol. The Morgan fingerprint density at radius 3 is 2.77 bits per heavy atom. The second kappa shape index (κ2) is 7.72. The number of nitrogens with zero attached hydrogens (tertiary/aromatic N) is 2. The number of amides is 1. The highest BCUT2D eigenvalue weighted by atomic mass is 35.5. The number of carbonyl (C=O) groups excluding carboxylic acids is 1. The van der Waals surface area contributed by atoms with E-state index in [0.29, 0.717) is 16.8 Å². The lowest BCUT2D eigenvalue weighted by atomic mass is 10.3. The summed E-state index contributed by atoms with van der Waals surface area (Å²) in [5.74, 6) is -1.89. The SMILES string of the molecule is O=C(Nc1ccc(F)cc1F)c1ccn(COc2cccc(Cl)c2Cl)n1. The van der Waals surface area contributed by atoms with Crippen LogP contribution in [-0.2, 0) is 6.73 Å². The van der Waals surface area contributed by atoms with Gasteiger partial charge in [-0.25, -0.2) is 13.5 Å². The first-order valence-corrected chi connectivity index (χ1v) is 8.06. The van der Waals surface area contributed by atoms with Gasteiger partial charge in [-0.2, -0.15) is 5.10 Å². The first-order valence-electron chi connectivity index (χ1n) is 7.30. The Morgan fingerprint density at radius 2 is 2.00 bits per heavy atom. The van der Waals surface area contributed by atoms with Gasteiger partial charge in [-0.3, -0.25) is 4.79 Å². The second-order valence-electron chi connectivity index (χ2n) is 5.14. The summed E-state index contributed by atoms with van der Waals surface area (Å²) in [5, 5.41) is 6.97. The Morgan fingerprint density at radius 1 is 1.19 bits per heavy atom. The molecule has 0 bridgehead atoms. The van der Waals surface area contributed by atoms with Crippen LogP contribution in [0.1, 0.15) is 10.5 Å². The molecule has 0 aliphatic rings. The minimum Gasteiger partial charge on any atom is -0.470 e. The van der Waals surface area contributed by atoms with E-state index in [0.717, 1.165) is 12.1 Å². The summed E-state index contributed by atoms with van der Waals surface area (Å²) in [7, 11) is 0. The first kappa shape index (κ1) is 18.2. The van der Waals surface area contributed by atoms with Crippen molar-refractivity contribution in [3.8, 4) is 5.75 Å². The number of halogens is 4. The lowest BCUT2D eigenvalue weighted by Crippen LogP contribution is -2.15. The maximum absolute atomic E-state index is 13.6. The predicted molar refractivity (Wildman–Crippen MR) is 93.6 cm³/mol. The minimum absolute atomic E-state index is 0.0156. The van der Waals surface area contributed by atoms with Gasteiger partial charge in [0.05, 0.1) is 10.7 Å². The monoisotopic (exact) mass is 397 g/mol. The molecule has 5 nitrogen and oxygen atoms in total.